The molecule has 0 saturated heterocycles. The van der Waals surface area contributed by atoms with Crippen molar-refractivity contribution in [1.29, 1.82) is 0 Å². The number of aromatic nitrogens is 1. The average Bonchev–Trinajstić information content (AvgIpc) is 2.34. The molecule has 2 aromatic rings. The fourth-order valence-corrected chi connectivity index (χ4v) is 1.31. The summed E-state index contributed by atoms with van der Waals surface area (Å²) in [5, 5.41) is 1.09. The van der Waals surface area contributed by atoms with Crippen molar-refractivity contribution in [1.82, 2.24) is 4.98 Å². The van der Waals surface area contributed by atoms with Crippen molar-refractivity contribution in [3.05, 3.63) is 30.2 Å². The number of aromatic amines is 1. The standard InChI is InChI=1S/C8H7BFN/c9-7-3-5(10)4-8-6(7)1-2-11-8/h1-4,11H,9H2. The minimum atomic E-state index is -0.183. The van der Waals surface area contributed by atoms with E-state index in [1.165, 1.54) is 12.1 Å². The zero-order valence-electron chi connectivity index (χ0n) is 6.19. The van der Waals surface area contributed by atoms with Crippen molar-refractivity contribution in [3.63, 3.8) is 0 Å². The van der Waals surface area contributed by atoms with Crippen LogP contribution in [0.5, 0.6) is 0 Å². The van der Waals surface area contributed by atoms with Crippen molar-refractivity contribution >= 4 is 24.2 Å². The first-order chi connectivity index (χ1) is 5.27. The predicted octanol–water partition coefficient (Wildman–Crippen LogP) is 0.565. The molecular formula is C8H7BFN. The number of hydrogen-bond acceptors (Lipinski definition) is 0. The number of fused-ring (bicyclic) bond motifs is 1. The first-order valence-electron chi connectivity index (χ1n) is 3.50. The molecule has 0 saturated carbocycles. The van der Waals surface area contributed by atoms with Gasteiger partial charge in [-0.2, -0.15) is 0 Å². The van der Waals surface area contributed by atoms with Gasteiger partial charge in [0.1, 0.15) is 13.7 Å². The fraction of sp³-hybridized carbons (Fsp3) is 0. The number of rotatable bonds is 0. The number of nitrogens with one attached hydrogen (secondary N) is 1. The van der Waals surface area contributed by atoms with Gasteiger partial charge in [0.15, 0.2) is 0 Å². The fourth-order valence-electron chi connectivity index (χ4n) is 1.31. The molecule has 1 aromatic carbocycles. The molecule has 54 valence electrons. The summed E-state index contributed by atoms with van der Waals surface area (Å²) < 4.78 is 12.8. The monoisotopic (exact) mass is 147 g/mol. The van der Waals surface area contributed by atoms with Crippen LogP contribution in [-0.4, -0.2) is 12.8 Å². The Balaban J connectivity index is 2.91. The SMILES string of the molecule is Bc1cc(F)cc2[nH]ccc12. The smallest absolute Gasteiger partial charge is 0.140 e. The Morgan fingerprint density at radius 1 is 1.36 bits per heavy atom. The number of benzene rings is 1. The lowest BCUT2D eigenvalue weighted by Gasteiger charge is -1.95. The van der Waals surface area contributed by atoms with Crippen LogP contribution in [0.4, 0.5) is 4.39 Å². The van der Waals surface area contributed by atoms with Crippen LogP contribution in [0.15, 0.2) is 24.4 Å². The summed E-state index contributed by atoms with van der Waals surface area (Å²) in [5.74, 6) is -0.183. The lowest BCUT2D eigenvalue weighted by atomic mass is 9.92. The highest BCUT2D eigenvalue weighted by Crippen LogP contribution is 2.09. The van der Waals surface area contributed by atoms with Gasteiger partial charge < -0.3 is 4.98 Å². The Morgan fingerprint density at radius 2 is 2.18 bits per heavy atom. The molecular weight excluding hydrogens is 140 g/mol. The summed E-state index contributed by atoms with van der Waals surface area (Å²) in [5.41, 5.74) is 1.84. The molecule has 0 spiro atoms. The Bertz CT molecular complexity index is 394. The second-order valence-electron chi connectivity index (χ2n) is 2.66. The van der Waals surface area contributed by atoms with Gasteiger partial charge >= 0.3 is 0 Å². The molecule has 0 fully saturated rings. The first-order valence-corrected chi connectivity index (χ1v) is 3.50. The van der Waals surface area contributed by atoms with E-state index < -0.39 is 0 Å². The maximum Gasteiger partial charge on any atom is 0.140 e. The second kappa shape index (κ2) is 2.12. The molecule has 0 amide bonds. The van der Waals surface area contributed by atoms with Crippen LogP contribution in [0.25, 0.3) is 10.9 Å². The zero-order chi connectivity index (χ0) is 7.84. The van der Waals surface area contributed by atoms with Gasteiger partial charge in [-0.3, -0.25) is 0 Å². The quantitative estimate of drug-likeness (QED) is 0.524. The first kappa shape index (κ1) is 6.46. The maximum absolute atomic E-state index is 12.8. The van der Waals surface area contributed by atoms with Crippen molar-refractivity contribution < 1.29 is 4.39 Å². The van der Waals surface area contributed by atoms with Crippen molar-refractivity contribution in [2.75, 3.05) is 0 Å². The number of hydrogen-bond donors (Lipinski definition) is 1. The molecule has 0 unspecified atom stereocenters. The van der Waals surface area contributed by atoms with E-state index in [-0.39, 0.29) is 5.82 Å². The molecule has 2 rings (SSSR count). The van der Waals surface area contributed by atoms with Crippen LogP contribution in [0, 0.1) is 5.82 Å². The van der Waals surface area contributed by atoms with Gasteiger partial charge in [0, 0.05) is 11.7 Å². The van der Waals surface area contributed by atoms with E-state index in [9.17, 15) is 4.39 Å². The Kier molecular flexibility index (Phi) is 1.25. The molecule has 3 heteroatoms. The third-order valence-corrected chi connectivity index (χ3v) is 1.84. The van der Waals surface area contributed by atoms with E-state index in [1.807, 2.05) is 20.1 Å². The molecule has 0 atom stereocenters. The second-order valence-corrected chi connectivity index (χ2v) is 2.66. The summed E-state index contributed by atoms with van der Waals surface area (Å²) in [7, 11) is 1.90. The Morgan fingerprint density at radius 3 is 3.00 bits per heavy atom. The third-order valence-electron chi connectivity index (χ3n) is 1.84. The summed E-state index contributed by atoms with van der Waals surface area (Å²) in [6, 6.07) is 4.99. The lowest BCUT2D eigenvalue weighted by Crippen LogP contribution is -2.03. The lowest BCUT2D eigenvalue weighted by molar-refractivity contribution is 0.630. The molecule has 0 aliphatic carbocycles. The van der Waals surface area contributed by atoms with Gasteiger partial charge in [-0.15, -0.1) is 0 Å². The Labute approximate surface area is 64.6 Å². The molecule has 1 aromatic heterocycles. The van der Waals surface area contributed by atoms with Crippen molar-refractivity contribution in [2.45, 2.75) is 0 Å². The van der Waals surface area contributed by atoms with E-state index in [2.05, 4.69) is 4.98 Å². The van der Waals surface area contributed by atoms with Crippen LogP contribution >= 0.6 is 0 Å². The number of H-pyrrole nitrogens is 1. The maximum atomic E-state index is 12.8. The van der Waals surface area contributed by atoms with Crippen molar-refractivity contribution in [2.24, 2.45) is 0 Å². The van der Waals surface area contributed by atoms with Crippen molar-refractivity contribution in [3.8, 4) is 0 Å². The van der Waals surface area contributed by atoms with Crippen LogP contribution in [-0.2, 0) is 0 Å². The largest absolute Gasteiger partial charge is 0.361 e. The van der Waals surface area contributed by atoms with Crippen LogP contribution < -0.4 is 5.46 Å². The summed E-state index contributed by atoms with van der Waals surface area (Å²) in [6.07, 6.45) is 1.82. The van der Waals surface area contributed by atoms with Gasteiger partial charge in [0.2, 0.25) is 0 Å². The minimum absolute atomic E-state index is 0.183. The highest BCUT2D eigenvalue weighted by atomic mass is 19.1. The van der Waals surface area contributed by atoms with Gasteiger partial charge in [-0.1, -0.05) is 5.46 Å². The Hall–Kier alpha value is -1.25. The average molecular weight is 147 g/mol. The van der Waals surface area contributed by atoms with E-state index in [0.717, 1.165) is 16.4 Å². The predicted molar refractivity (Wildman–Crippen MR) is 46.4 cm³/mol. The molecule has 1 N–H and O–H groups in total. The molecule has 0 radical (unpaired) electrons. The topological polar surface area (TPSA) is 15.8 Å². The van der Waals surface area contributed by atoms with Gasteiger partial charge in [0.25, 0.3) is 0 Å². The van der Waals surface area contributed by atoms with Gasteiger partial charge in [-0.25, -0.2) is 4.39 Å². The molecule has 1 heterocycles. The molecule has 1 nitrogen and oxygen atoms in total. The van der Waals surface area contributed by atoms with E-state index in [0.29, 0.717) is 0 Å². The summed E-state index contributed by atoms with van der Waals surface area (Å²) in [6.45, 7) is 0. The molecule has 11 heavy (non-hydrogen) atoms. The van der Waals surface area contributed by atoms with Gasteiger partial charge in [-0.05, 0) is 23.6 Å². The highest BCUT2D eigenvalue weighted by Gasteiger charge is 1.99. The summed E-state index contributed by atoms with van der Waals surface area (Å²) >= 11 is 0. The minimum Gasteiger partial charge on any atom is -0.361 e. The van der Waals surface area contributed by atoms with E-state index in [4.69, 9.17) is 0 Å². The molecule has 0 aliphatic rings. The molecule has 0 bridgehead atoms. The molecule has 0 aliphatic heterocycles. The highest BCUT2D eigenvalue weighted by molar-refractivity contribution is 6.38. The van der Waals surface area contributed by atoms with Crippen LogP contribution in [0.2, 0.25) is 0 Å². The van der Waals surface area contributed by atoms with Crippen LogP contribution in [0.3, 0.4) is 0 Å². The van der Waals surface area contributed by atoms with Crippen LogP contribution in [0.1, 0.15) is 0 Å². The number of halogens is 1. The van der Waals surface area contributed by atoms with E-state index in [1.54, 1.807) is 0 Å². The third kappa shape index (κ3) is 0.927. The summed E-state index contributed by atoms with van der Waals surface area (Å²) in [4.78, 5) is 2.96. The van der Waals surface area contributed by atoms with E-state index >= 15 is 0 Å². The zero-order valence-corrected chi connectivity index (χ0v) is 6.19. The normalized spacial score (nSPS) is 10.6. The van der Waals surface area contributed by atoms with Gasteiger partial charge in [0.05, 0.1) is 0 Å².